The molecule has 0 aliphatic carbocycles. The third-order valence-corrected chi connectivity index (χ3v) is 4.40. The molecule has 0 bridgehead atoms. The first kappa shape index (κ1) is 25.2. The number of hydrogen-bond acceptors (Lipinski definition) is 3. The number of halogens is 2. The first-order chi connectivity index (χ1) is 13.6. The maximum Gasteiger partial charge on any atom is 0.244 e. The first-order valence-corrected chi connectivity index (χ1v) is 9.86. The lowest BCUT2D eigenvalue weighted by atomic mass is 10.1. The van der Waals surface area contributed by atoms with Gasteiger partial charge in [0.2, 0.25) is 5.91 Å². The van der Waals surface area contributed by atoms with Crippen molar-refractivity contribution < 1.29 is 4.79 Å². The number of aliphatic imine (C=N–C) groups is 1. The third-order valence-electron chi connectivity index (χ3n) is 4.17. The molecule has 0 radical (unpaired) electrons. The van der Waals surface area contributed by atoms with Gasteiger partial charge in [0.1, 0.15) is 6.54 Å². The van der Waals surface area contributed by atoms with Crippen LogP contribution in [0.1, 0.15) is 18.2 Å². The van der Waals surface area contributed by atoms with Crippen molar-refractivity contribution in [3.05, 3.63) is 64.9 Å². The Bertz CT molecular complexity index is 773. The number of nitrogens with one attached hydrogen (secondary N) is 2. The van der Waals surface area contributed by atoms with Gasteiger partial charge in [0.05, 0.1) is 0 Å². The Morgan fingerprint density at radius 3 is 2.69 bits per heavy atom. The van der Waals surface area contributed by atoms with Crippen LogP contribution in [0.4, 0.5) is 0 Å². The molecule has 158 valence electrons. The SMILES string of the molecule is CCNC(=NCC(=O)N(C)CCc1ccccn1)NCCc1cccc(Cl)c1.I. The fourth-order valence-electron chi connectivity index (χ4n) is 2.58. The maximum atomic E-state index is 12.3. The average molecular weight is 530 g/mol. The Labute approximate surface area is 195 Å². The van der Waals surface area contributed by atoms with Crippen molar-refractivity contribution >= 4 is 47.4 Å². The second-order valence-corrected chi connectivity index (χ2v) is 6.82. The lowest BCUT2D eigenvalue weighted by Gasteiger charge is -2.16. The Morgan fingerprint density at radius 2 is 2.00 bits per heavy atom. The van der Waals surface area contributed by atoms with Gasteiger partial charge in [0, 0.05) is 50.0 Å². The molecule has 2 N–H and O–H groups in total. The molecule has 1 aromatic carbocycles. The Hall–Kier alpha value is -1.87. The summed E-state index contributed by atoms with van der Waals surface area (Å²) in [5, 5.41) is 7.15. The molecule has 0 unspecified atom stereocenters. The summed E-state index contributed by atoms with van der Waals surface area (Å²) in [6, 6.07) is 13.6. The number of hydrogen-bond donors (Lipinski definition) is 2. The molecule has 2 aromatic rings. The van der Waals surface area contributed by atoms with Crippen molar-refractivity contribution in [3.63, 3.8) is 0 Å². The van der Waals surface area contributed by atoms with E-state index < -0.39 is 0 Å². The van der Waals surface area contributed by atoms with Gasteiger partial charge in [-0.25, -0.2) is 4.99 Å². The zero-order chi connectivity index (χ0) is 20.2. The molecular formula is C21H29ClIN5O. The molecule has 6 nitrogen and oxygen atoms in total. The van der Waals surface area contributed by atoms with E-state index in [2.05, 4.69) is 20.6 Å². The Morgan fingerprint density at radius 1 is 1.17 bits per heavy atom. The molecule has 0 aliphatic heterocycles. The van der Waals surface area contributed by atoms with Crippen molar-refractivity contribution in [3.8, 4) is 0 Å². The van der Waals surface area contributed by atoms with Crippen LogP contribution in [-0.4, -0.2) is 55.0 Å². The van der Waals surface area contributed by atoms with Crippen molar-refractivity contribution in [2.24, 2.45) is 4.99 Å². The number of guanidine groups is 1. The molecule has 2 rings (SSSR count). The summed E-state index contributed by atoms with van der Waals surface area (Å²) in [6.45, 7) is 4.15. The molecule has 29 heavy (non-hydrogen) atoms. The highest BCUT2D eigenvalue weighted by Gasteiger charge is 2.09. The Balaban J connectivity index is 0.00000420. The van der Waals surface area contributed by atoms with E-state index in [1.54, 1.807) is 18.1 Å². The minimum absolute atomic E-state index is 0. The van der Waals surface area contributed by atoms with Gasteiger partial charge in [-0.2, -0.15) is 0 Å². The summed E-state index contributed by atoms with van der Waals surface area (Å²) in [5.41, 5.74) is 2.13. The number of aromatic nitrogens is 1. The van der Waals surface area contributed by atoms with E-state index in [0.717, 1.165) is 35.7 Å². The van der Waals surface area contributed by atoms with Crippen LogP contribution in [-0.2, 0) is 17.6 Å². The first-order valence-electron chi connectivity index (χ1n) is 9.49. The fraction of sp³-hybridized carbons (Fsp3) is 0.381. The number of carbonyl (C=O) groups excluding carboxylic acids is 1. The van der Waals surface area contributed by atoms with Gasteiger partial charge in [0.25, 0.3) is 0 Å². The van der Waals surface area contributed by atoms with E-state index >= 15 is 0 Å². The predicted octanol–water partition coefficient (Wildman–Crippen LogP) is 3.15. The van der Waals surface area contributed by atoms with Gasteiger partial charge in [-0.3, -0.25) is 9.78 Å². The lowest BCUT2D eigenvalue weighted by molar-refractivity contribution is -0.128. The topological polar surface area (TPSA) is 69.6 Å². The van der Waals surface area contributed by atoms with Crippen LogP contribution in [0.3, 0.4) is 0 Å². The Kier molecular flexibility index (Phi) is 12.3. The van der Waals surface area contributed by atoms with Gasteiger partial charge < -0.3 is 15.5 Å². The number of pyridine rings is 1. The summed E-state index contributed by atoms with van der Waals surface area (Å²) in [6.07, 6.45) is 3.31. The molecule has 1 heterocycles. The van der Waals surface area contributed by atoms with E-state index in [1.165, 1.54) is 0 Å². The number of likely N-dealkylation sites (N-methyl/N-ethyl adjacent to an activating group) is 1. The van der Waals surface area contributed by atoms with Crippen LogP contribution in [0.2, 0.25) is 5.02 Å². The fourth-order valence-corrected chi connectivity index (χ4v) is 2.79. The number of rotatable bonds is 9. The minimum Gasteiger partial charge on any atom is -0.357 e. The standard InChI is InChI=1S/C21H28ClN5O.HI/c1-3-23-21(25-13-10-17-7-6-8-18(22)15-17)26-16-20(28)27(2)14-11-19-9-4-5-12-24-19;/h4-9,12,15H,3,10-11,13-14,16H2,1-2H3,(H2,23,25,26);1H. The summed E-state index contributed by atoms with van der Waals surface area (Å²) in [5.74, 6) is 0.610. The highest BCUT2D eigenvalue weighted by Crippen LogP contribution is 2.10. The van der Waals surface area contributed by atoms with Crippen LogP contribution in [0.5, 0.6) is 0 Å². The summed E-state index contributed by atoms with van der Waals surface area (Å²) in [7, 11) is 1.79. The highest BCUT2D eigenvalue weighted by atomic mass is 127. The highest BCUT2D eigenvalue weighted by molar-refractivity contribution is 14.0. The number of nitrogens with zero attached hydrogens (tertiary/aromatic N) is 3. The van der Waals surface area contributed by atoms with E-state index in [-0.39, 0.29) is 36.4 Å². The molecule has 0 saturated carbocycles. The van der Waals surface area contributed by atoms with Crippen molar-refractivity contribution in [2.45, 2.75) is 19.8 Å². The average Bonchev–Trinajstić information content (AvgIpc) is 2.70. The van der Waals surface area contributed by atoms with Crippen molar-refractivity contribution in [1.29, 1.82) is 0 Å². The largest absolute Gasteiger partial charge is 0.357 e. The van der Waals surface area contributed by atoms with Crippen LogP contribution in [0.15, 0.2) is 53.7 Å². The van der Waals surface area contributed by atoms with Gasteiger partial charge in [-0.15, -0.1) is 24.0 Å². The molecule has 0 spiro atoms. The maximum absolute atomic E-state index is 12.3. The van der Waals surface area contributed by atoms with Gasteiger partial charge in [-0.1, -0.05) is 29.8 Å². The van der Waals surface area contributed by atoms with Crippen LogP contribution in [0, 0.1) is 0 Å². The van der Waals surface area contributed by atoms with Gasteiger partial charge in [0.15, 0.2) is 5.96 Å². The van der Waals surface area contributed by atoms with E-state index in [4.69, 9.17) is 11.6 Å². The predicted molar refractivity (Wildman–Crippen MR) is 130 cm³/mol. The second kappa shape index (κ2) is 14.2. The molecule has 0 fully saturated rings. The van der Waals surface area contributed by atoms with Crippen LogP contribution < -0.4 is 10.6 Å². The normalized spacial score (nSPS) is 10.8. The molecule has 1 amide bonds. The smallest absolute Gasteiger partial charge is 0.244 e. The molecule has 0 aliphatic rings. The minimum atomic E-state index is -0.0250. The molecule has 1 aromatic heterocycles. The van der Waals surface area contributed by atoms with Crippen molar-refractivity contribution in [2.75, 3.05) is 33.2 Å². The summed E-state index contributed by atoms with van der Waals surface area (Å²) in [4.78, 5) is 22.7. The summed E-state index contributed by atoms with van der Waals surface area (Å²) >= 11 is 6.01. The number of benzene rings is 1. The molecular weight excluding hydrogens is 501 g/mol. The van der Waals surface area contributed by atoms with Crippen LogP contribution >= 0.6 is 35.6 Å². The van der Waals surface area contributed by atoms with E-state index in [0.29, 0.717) is 19.0 Å². The van der Waals surface area contributed by atoms with Gasteiger partial charge in [-0.05, 0) is 43.2 Å². The second-order valence-electron chi connectivity index (χ2n) is 6.39. The van der Waals surface area contributed by atoms with Crippen molar-refractivity contribution in [1.82, 2.24) is 20.5 Å². The zero-order valence-electron chi connectivity index (χ0n) is 16.9. The quantitative estimate of drug-likeness (QED) is 0.297. The monoisotopic (exact) mass is 529 g/mol. The summed E-state index contributed by atoms with van der Waals surface area (Å²) < 4.78 is 0. The number of amides is 1. The molecule has 8 heteroatoms. The lowest BCUT2D eigenvalue weighted by Crippen LogP contribution is -2.39. The number of carbonyl (C=O) groups is 1. The third kappa shape index (κ3) is 9.94. The molecule has 0 saturated heterocycles. The van der Waals surface area contributed by atoms with Crippen LogP contribution in [0.25, 0.3) is 0 Å². The van der Waals surface area contributed by atoms with E-state index in [1.807, 2.05) is 49.4 Å². The van der Waals surface area contributed by atoms with Gasteiger partial charge >= 0.3 is 0 Å². The molecule has 0 atom stereocenters. The van der Waals surface area contributed by atoms with E-state index in [9.17, 15) is 4.79 Å². The zero-order valence-corrected chi connectivity index (χ0v) is 20.0.